The molecule has 0 atom stereocenters. The maximum absolute atomic E-state index is 13.2. The fraction of sp³-hybridized carbons (Fsp3) is 0.238. The van der Waals surface area contributed by atoms with E-state index >= 15 is 0 Å². The van der Waals surface area contributed by atoms with Gasteiger partial charge in [0.05, 0.1) is 41.7 Å². The summed E-state index contributed by atoms with van der Waals surface area (Å²) in [7, 11) is 1.12. The summed E-state index contributed by atoms with van der Waals surface area (Å²) in [6.07, 6.45) is -10.1. The van der Waals surface area contributed by atoms with Crippen molar-refractivity contribution in [3.05, 3.63) is 57.2 Å². The number of benzene rings is 2. The van der Waals surface area contributed by atoms with Crippen LogP contribution < -0.4 is 14.9 Å². The molecule has 3 rings (SSSR count). The number of hydrogen-bond acceptors (Lipinski definition) is 6. The lowest BCUT2D eigenvalue weighted by Gasteiger charge is -2.15. The molecule has 0 unspecified atom stereocenters. The number of fused-ring (bicyclic) bond motifs is 1. The first-order valence-electron chi connectivity index (χ1n) is 9.23. The number of carbonyl (C=O) groups excluding carboxylic acids is 1. The van der Waals surface area contributed by atoms with Crippen molar-refractivity contribution in [2.75, 3.05) is 13.7 Å². The number of rotatable bonds is 6. The summed E-state index contributed by atoms with van der Waals surface area (Å²) in [5.74, 6) is -2.01. The van der Waals surface area contributed by atoms with E-state index in [0.717, 1.165) is 37.4 Å². The van der Waals surface area contributed by atoms with Gasteiger partial charge in [-0.1, -0.05) is 11.6 Å². The molecule has 34 heavy (non-hydrogen) atoms. The molecule has 13 heteroatoms. The summed E-state index contributed by atoms with van der Waals surface area (Å²) in [6.45, 7) is -0.341. The Morgan fingerprint density at radius 2 is 1.76 bits per heavy atom. The molecule has 0 spiro atoms. The van der Waals surface area contributed by atoms with Crippen LogP contribution >= 0.6 is 11.6 Å². The van der Waals surface area contributed by atoms with E-state index in [9.17, 15) is 35.9 Å². The van der Waals surface area contributed by atoms with Crippen molar-refractivity contribution in [3.63, 3.8) is 0 Å². The molecule has 0 aliphatic rings. The fourth-order valence-corrected chi connectivity index (χ4v) is 3.22. The molecule has 0 radical (unpaired) electrons. The monoisotopic (exact) mass is 510 g/mol. The molecule has 182 valence electrons. The summed E-state index contributed by atoms with van der Waals surface area (Å²) in [4.78, 5) is 23.8. The molecule has 0 bridgehead atoms. The van der Waals surface area contributed by atoms with Gasteiger partial charge < -0.3 is 18.6 Å². The number of carbonyl (C=O) groups is 1. The van der Waals surface area contributed by atoms with Gasteiger partial charge in [-0.3, -0.25) is 9.59 Å². The predicted molar refractivity (Wildman–Crippen MR) is 107 cm³/mol. The first-order chi connectivity index (χ1) is 15.8. The van der Waals surface area contributed by atoms with Crippen molar-refractivity contribution in [1.82, 2.24) is 0 Å². The van der Waals surface area contributed by atoms with Crippen molar-refractivity contribution in [2.45, 2.75) is 19.0 Å². The highest BCUT2D eigenvalue weighted by molar-refractivity contribution is 6.35. The minimum absolute atomic E-state index is 0.105. The number of ether oxygens (including phenoxy) is 3. The van der Waals surface area contributed by atoms with E-state index in [1.165, 1.54) is 0 Å². The Balaban J connectivity index is 2.14. The number of halogens is 7. The molecule has 0 aliphatic heterocycles. The minimum Gasteiger partial charge on any atom is -0.492 e. The molecular formula is C21H13ClF6O6. The number of methoxy groups -OCH3 is 1. The second kappa shape index (κ2) is 9.45. The third-order valence-corrected chi connectivity index (χ3v) is 4.76. The maximum atomic E-state index is 13.2. The normalized spacial score (nSPS) is 12.0. The molecule has 0 aliphatic carbocycles. The Hall–Kier alpha value is -3.41. The van der Waals surface area contributed by atoms with Crippen molar-refractivity contribution >= 4 is 28.5 Å². The Morgan fingerprint density at radius 1 is 1.06 bits per heavy atom. The number of alkyl halides is 6. The fourth-order valence-electron chi connectivity index (χ4n) is 2.91. The molecule has 0 saturated heterocycles. The molecule has 0 amide bonds. The SMILES string of the molecule is COC(=O)CCOc1cc(OC(F)(F)F)ccc1-c1cc(=O)c2ccc(C(F)(F)F)c(Cl)c2o1. The van der Waals surface area contributed by atoms with Crippen LogP contribution in [0.1, 0.15) is 12.0 Å². The van der Waals surface area contributed by atoms with Gasteiger partial charge in [-0.25, -0.2) is 0 Å². The molecule has 0 fully saturated rings. The van der Waals surface area contributed by atoms with E-state index < -0.39 is 45.9 Å². The van der Waals surface area contributed by atoms with Gasteiger partial charge in [-0.15, -0.1) is 13.2 Å². The van der Waals surface area contributed by atoms with E-state index in [2.05, 4.69) is 9.47 Å². The zero-order chi connectivity index (χ0) is 25.3. The summed E-state index contributed by atoms with van der Waals surface area (Å²) in [5.41, 5.74) is -2.68. The van der Waals surface area contributed by atoms with Crippen LogP contribution in [0, 0.1) is 0 Å². The van der Waals surface area contributed by atoms with E-state index in [1.807, 2.05) is 0 Å². The summed E-state index contributed by atoms with van der Waals surface area (Å²) < 4.78 is 96.6. The van der Waals surface area contributed by atoms with Gasteiger partial charge in [0.2, 0.25) is 0 Å². The van der Waals surface area contributed by atoms with Crippen LogP contribution in [0.15, 0.2) is 45.6 Å². The standard InChI is InChI=1S/C21H13ClF6O6/c1-31-17(30)6-7-32-15-8-10(34-21(26,27)28)2-3-12(15)16-9-14(29)11-4-5-13(20(23,24)25)18(22)19(11)33-16/h2-5,8-9H,6-7H2,1H3. The van der Waals surface area contributed by atoms with Gasteiger partial charge in [-0.05, 0) is 24.3 Å². The summed E-state index contributed by atoms with van der Waals surface area (Å²) in [6, 6.07) is 5.18. The lowest BCUT2D eigenvalue weighted by molar-refractivity contribution is -0.274. The molecule has 2 aromatic carbocycles. The van der Waals surface area contributed by atoms with E-state index in [4.69, 9.17) is 20.8 Å². The van der Waals surface area contributed by atoms with Gasteiger partial charge in [0.1, 0.15) is 17.3 Å². The third-order valence-electron chi connectivity index (χ3n) is 4.39. The van der Waals surface area contributed by atoms with Gasteiger partial charge in [0.25, 0.3) is 0 Å². The van der Waals surface area contributed by atoms with Crippen molar-refractivity contribution in [3.8, 4) is 22.8 Å². The highest BCUT2D eigenvalue weighted by Crippen LogP contribution is 2.40. The van der Waals surface area contributed by atoms with Gasteiger partial charge in [0.15, 0.2) is 11.0 Å². The van der Waals surface area contributed by atoms with Crippen molar-refractivity contribution in [2.24, 2.45) is 0 Å². The van der Waals surface area contributed by atoms with E-state index in [1.54, 1.807) is 0 Å². The molecule has 6 nitrogen and oxygen atoms in total. The largest absolute Gasteiger partial charge is 0.573 e. The Kier molecular flexibility index (Phi) is 7.01. The van der Waals surface area contributed by atoms with Gasteiger partial charge in [-0.2, -0.15) is 13.2 Å². The maximum Gasteiger partial charge on any atom is 0.573 e. The van der Waals surface area contributed by atoms with Gasteiger partial charge >= 0.3 is 18.5 Å². The lowest BCUT2D eigenvalue weighted by atomic mass is 10.1. The molecular weight excluding hydrogens is 498 g/mol. The highest BCUT2D eigenvalue weighted by atomic mass is 35.5. The van der Waals surface area contributed by atoms with Crippen LogP contribution in [-0.4, -0.2) is 26.0 Å². The van der Waals surface area contributed by atoms with Crippen LogP contribution in [0.25, 0.3) is 22.3 Å². The summed E-state index contributed by atoms with van der Waals surface area (Å²) in [5, 5.41) is -1.11. The first-order valence-corrected chi connectivity index (χ1v) is 9.61. The molecule has 3 aromatic rings. The first kappa shape index (κ1) is 25.2. The Bertz CT molecular complexity index is 1280. The highest BCUT2D eigenvalue weighted by Gasteiger charge is 2.35. The van der Waals surface area contributed by atoms with E-state index in [-0.39, 0.29) is 35.5 Å². The van der Waals surface area contributed by atoms with Crippen LogP contribution in [0.5, 0.6) is 11.5 Å². The second-order valence-electron chi connectivity index (χ2n) is 6.66. The number of hydrogen-bond donors (Lipinski definition) is 0. The van der Waals surface area contributed by atoms with Gasteiger partial charge in [0, 0.05) is 12.1 Å². The summed E-state index contributed by atoms with van der Waals surface area (Å²) >= 11 is 5.85. The average molecular weight is 511 g/mol. The van der Waals surface area contributed by atoms with Crippen molar-refractivity contribution < 1.29 is 49.8 Å². The van der Waals surface area contributed by atoms with Crippen LogP contribution in [0.4, 0.5) is 26.3 Å². The average Bonchev–Trinajstić information content (AvgIpc) is 2.72. The zero-order valence-corrected chi connectivity index (χ0v) is 17.7. The number of esters is 1. The van der Waals surface area contributed by atoms with Crippen LogP contribution in [-0.2, 0) is 15.7 Å². The topological polar surface area (TPSA) is 75.0 Å². The van der Waals surface area contributed by atoms with E-state index in [0.29, 0.717) is 6.07 Å². The van der Waals surface area contributed by atoms with Crippen molar-refractivity contribution in [1.29, 1.82) is 0 Å². The lowest BCUT2D eigenvalue weighted by Crippen LogP contribution is -2.17. The third kappa shape index (κ3) is 5.74. The Morgan fingerprint density at radius 3 is 2.38 bits per heavy atom. The van der Waals surface area contributed by atoms with Crippen LogP contribution in [0.3, 0.4) is 0 Å². The smallest absolute Gasteiger partial charge is 0.492 e. The molecule has 1 heterocycles. The molecule has 1 aromatic heterocycles. The molecule has 0 N–H and O–H groups in total. The predicted octanol–water partition coefficient (Wildman–Crippen LogP) is 5.97. The zero-order valence-electron chi connectivity index (χ0n) is 17.0. The second-order valence-corrected chi connectivity index (χ2v) is 7.03. The quantitative estimate of drug-likeness (QED) is 0.300. The Labute approximate surface area is 191 Å². The van der Waals surface area contributed by atoms with Crippen LogP contribution in [0.2, 0.25) is 5.02 Å². The molecule has 0 saturated carbocycles. The minimum atomic E-state index is -5.03.